The highest BCUT2D eigenvalue weighted by Gasteiger charge is 2.20. The predicted octanol–water partition coefficient (Wildman–Crippen LogP) is 5.02. The Hall–Kier alpha value is -4.24. The monoisotopic (exact) mass is 550 g/mol. The van der Waals surface area contributed by atoms with Crippen molar-refractivity contribution in [2.75, 3.05) is 31.6 Å². The highest BCUT2D eigenvalue weighted by Crippen LogP contribution is 2.25. The quantitative estimate of drug-likeness (QED) is 0.157. The second kappa shape index (κ2) is 13.5. The number of rotatable bonds is 10. The molecule has 0 unspecified atom stereocenters. The number of ether oxygens (including phenoxy) is 2. The lowest BCUT2D eigenvalue weighted by molar-refractivity contribution is -0.145. The molecule has 0 saturated carbocycles. The van der Waals surface area contributed by atoms with E-state index in [4.69, 9.17) is 26.5 Å². The number of esters is 1. The molecule has 3 aromatic rings. The van der Waals surface area contributed by atoms with Gasteiger partial charge in [0.25, 0.3) is 5.91 Å². The van der Waals surface area contributed by atoms with Crippen LogP contribution in [0.2, 0.25) is 5.02 Å². The fraction of sp³-hybridized carbons (Fsp3) is 0.276. The molecule has 1 aliphatic heterocycles. The molecule has 1 amide bonds. The van der Waals surface area contributed by atoms with E-state index in [0.29, 0.717) is 22.1 Å². The molecule has 1 aliphatic rings. The number of halogens is 1. The van der Waals surface area contributed by atoms with Crippen molar-refractivity contribution in [2.24, 2.45) is 0 Å². The third kappa shape index (κ3) is 7.64. The lowest BCUT2D eigenvalue weighted by Gasteiger charge is -2.33. The Morgan fingerprint density at radius 1 is 1.05 bits per heavy atom. The molecule has 1 saturated heterocycles. The van der Waals surface area contributed by atoms with Crippen molar-refractivity contribution in [1.29, 1.82) is 5.41 Å². The maximum Gasteiger partial charge on any atom is 0.344 e. The van der Waals surface area contributed by atoms with E-state index in [1.54, 1.807) is 55.5 Å². The van der Waals surface area contributed by atoms with E-state index in [2.05, 4.69) is 10.3 Å². The van der Waals surface area contributed by atoms with Crippen LogP contribution < -0.4 is 10.1 Å². The van der Waals surface area contributed by atoms with Crippen molar-refractivity contribution < 1.29 is 23.9 Å². The zero-order valence-electron chi connectivity index (χ0n) is 20.8. The summed E-state index contributed by atoms with van der Waals surface area (Å²) in [6.07, 6.45) is 2.50. The van der Waals surface area contributed by atoms with E-state index < -0.39 is 11.9 Å². The van der Waals surface area contributed by atoms with Gasteiger partial charge in [-0.05, 0) is 55.8 Å². The average molecular weight is 551 g/mol. The summed E-state index contributed by atoms with van der Waals surface area (Å²) in [4.78, 5) is 44.1. The smallest absolute Gasteiger partial charge is 0.344 e. The van der Waals surface area contributed by atoms with Gasteiger partial charge in [0.15, 0.2) is 12.4 Å². The fourth-order valence-corrected chi connectivity index (χ4v) is 3.88. The van der Waals surface area contributed by atoms with Crippen molar-refractivity contribution >= 4 is 40.8 Å². The molecule has 0 spiro atoms. The number of carbonyl (C=O) groups excluding carboxylic acids is 3. The van der Waals surface area contributed by atoms with Crippen LogP contribution in [0.25, 0.3) is 0 Å². The van der Waals surface area contributed by atoms with Crippen LogP contribution in [0.5, 0.6) is 5.75 Å². The molecule has 10 heteroatoms. The van der Waals surface area contributed by atoms with Crippen LogP contribution in [0.1, 0.15) is 52.7 Å². The number of nitrogens with one attached hydrogen (secondary N) is 2. The SMILES string of the molecule is C.CCOC(=O)COc1ccc(NC(=O)c2ccc(C(=N)N3CCC3)cc2)c(C(=O)Cc2ccc(Cl)cn2)c1. The molecule has 0 aliphatic carbocycles. The van der Waals surface area contributed by atoms with Crippen LogP contribution >= 0.6 is 11.6 Å². The Balaban J connectivity index is 0.00000420. The molecule has 0 bridgehead atoms. The van der Waals surface area contributed by atoms with E-state index in [-0.39, 0.29) is 49.8 Å². The maximum atomic E-state index is 13.2. The Morgan fingerprint density at radius 3 is 2.38 bits per heavy atom. The van der Waals surface area contributed by atoms with E-state index in [1.807, 2.05) is 4.90 Å². The van der Waals surface area contributed by atoms with Gasteiger partial charge in [-0.25, -0.2) is 4.79 Å². The maximum absolute atomic E-state index is 13.2. The van der Waals surface area contributed by atoms with E-state index in [9.17, 15) is 14.4 Å². The first-order valence-corrected chi connectivity index (χ1v) is 12.5. The summed E-state index contributed by atoms with van der Waals surface area (Å²) in [7, 11) is 0. The third-order valence-corrected chi connectivity index (χ3v) is 6.15. The summed E-state index contributed by atoms with van der Waals surface area (Å²) in [6, 6.07) is 14.6. The lowest BCUT2D eigenvalue weighted by Crippen LogP contribution is -2.42. The number of hydrogen-bond donors (Lipinski definition) is 2. The lowest BCUT2D eigenvalue weighted by atomic mass is 10.0. The van der Waals surface area contributed by atoms with Crippen molar-refractivity contribution in [3.63, 3.8) is 0 Å². The molecular weight excluding hydrogens is 520 g/mol. The first-order valence-electron chi connectivity index (χ1n) is 12.2. The van der Waals surface area contributed by atoms with Crippen LogP contribution in [-0.4, -0.2) is 59.7 Å². The van der Waals surface area contributed by atoms with Gasteiger partial charge in [0, 0.05) is 41.7 Å². The Labute approximate surface area is 232 Å². The number of benzene rings is 2. The minimum absolute atomic E-state index is 0. The molecule has 4 rings (SSSR count). The molecule has 1 fully saturated rings. The zero-order valence-corrected chi connectivity index (χ0v) is 21.6. The summed E-state index contributed by atoms with van der Waals surface area (Å²) in [5.74, 6) is -0.544. The number of amidine groups is 1. The Bertz CT molecular complexity index is 1340. The number of likely N-dealkylation sites (tertiary alicyclic amines) is 1. The van der Waals surface area contributed by atoms with Gasteiger partial charge in [-0.2, -0.15) is 0 Å². The second-order valence-corrected chi connectivity index (χ2v) is 9.03. The first-order chi connectivity index (χ1) is 18.3. The molecular formula is C29H31ClN4O5. The number of carbonyl (C=O) groups is 3. The number of hydrogen-bond acceptors (Lipinski definition) is 7. The average Bonchev–Trinajstić information content (AvgIpc) is 2.88. The summed E-state index contributed by atoms with van der Waals surface area (Å²) in [5, 5.41) is 11.5. The number of nitrogens with zero attached hydrogens (tertiary/aromatic N) is 2. The van der Waals surface area contributed by atoms with Crippen molar-refractivity contribution in [2.45, 2.75) is 27.2 Å². The van der Waals surface area contributed by atoms with Crippen molar-refractivity contribution in [3.05, 3.63) is 88.2 Å². The van der Waals surface area contributed by atoms with Gasteiger partial charge in [0.05, 0.1) is 23.7 Å². The summed E-state index contributed by atoms with van der Waals surface area (Å²) >= 11 is 5.90. The number of amides is 1. The van der Waals surface area contributed by atoms with E-state index >= 15 is 0 Å². The number of Topliss-reactive ketones (excluding diaryl/α,β-unsaturated/α-hetero) is 1. The molecule has 0 radical (unpaired) electrons. The van der Waals surface area contributed by atoms with Gasteiger partial charge >= 0.3 is 5.97 Å². The number of pyridine rings is 1. The van der Waals surface area contributed by atoms with Crippen molar-refractivity contribution in [1.82, 2.24) is 9.88 Å². The molecule has 2 aromatic carbocycles. The third-order valence-electron chi connectivity index (χ3n) is 5.92. The summed E-state index contributed by atoms with van der Waals surface area (Å²) < 4.78 is 10.4. The second-order valence-electron chi connectivity index (χ2n) is 8.59. The molecule has 204 valence electrons. The van der Waals surface area contributed by atoms with Gasteiger partial charge in [-0.15, -0.1) is 0 Å². The zero-order chi connectivity index (χ0) is 27.1. The number of ketones is 1. The minimum Gasteiger partial charge on any atom is -0.482 e. The highest BCUT2D eigenvalue weighted by atomic mass is 35.5. The van der Waals surface area contributed by atoms with Crippen LogP contribution in [0.4, 0.5) is 5.69 Å². The highest BCUT2D eigenvalue weighted by molar-refractivity contribution is 6.30. The minimum atomic E-state index is -0.534. The standard InChI is InChI=1S/C28H27ClN4O5.CH4/c1-2-37-26(35)17-38-22-10-11-24(23(15-22)25(34)14-21-9-8-20(29)16-31-21)32-28(36)19-6-4-18(5-7-19)27(30)33-12-3-13-33;/h4-11,15-16,30H,2-3,12-14,17H2,1H3,(H,32,36);1H4. The predicted molar refractivity (Wildman–Crippen MR) is 150 cm³/mol. The van der Waals surface area contributed by atoms with Gasteiger partial charge < -0.3 is 19.7 Å². The number of aromatic nitrogens is 1. The van der Waals surface area contributed by atoms with Gasteiger partial charge in [0.1, 0.15) is 11.6 Å². The van der Waals surface area contributed by atoms with E-state index in [1.165, 1.54) is 12.3 Å². The Morgan fingerprint density at radius 2 is 1.77 bits per heavy atom. The Kier molecular flexibility index (Phi) is 10.2. The topological polar surface area (TPSA) is 122 Å². The summed E-state index contributed by atoms with van der Waals surface area (Å²) in [6.45, 7) is 3.34. The van der Waals surface area contributed by atoms with Gasteiger partial charge in [0.2, 0.25) is 0 Å². The van der Waals surface area contributed by atoms with Crippen LogP contribution in [-0.2, 0) is 16.0 Å². The number of anilines is 1. The van der Waals surface area contributed by atoms with Crippen LogP contribution in [0.3, 0.4) is 0 Å². The fourth-order valence-electron chi connectivity index (χ4n) is 3.76. The summed E-state index contributed by atoms with van der Waals surface area (Å²) in [5.41, 5.74) is 2.11. The molecule has 1 aromatic heterocycles. The molecule has 0 atom stereocenters. The van der Waals surface area contributed by atoms with Crippen LogP contribution in [0, 0.1) is 5.41 Å². The first kappa shape index (κ1) is 29.3. The van der Waals surface area contributed by atoms with E-state index in [0.717, 1.165) is 25.1 Å². The molecule has 39 heavy (non-hydrogen) atoms. The molecule has 2 N–H and O–H groups in total. The van der Waals surface area contributed by atoms with Crippen molar-refractivity contribution in [3.8, 4) is 5.75 Å². The molecule has 9 nitrogen and oxygen atoms in total. The largest absolute Gasteiger partial charge is 0.482 e. The normalized spacial score (nSPS) is 12.0. The van der Waals surface area contributed by atoms with Gasteiger partial charge in [-0.1, -0.05) is 31.2 Å². The van der Waals surface area contributed by atoms with Crippen LogP contribution in [0.15, 0.2) is 60.8 Å². The molecule has 2 heterocycles. The van der Waals surface area contributed by atoms with Gasteiger partial charge in [-0.3, -0.25) is 20.0 Å².